The van der Waals surface area contributed by atoms with Crippen LogP contribution in [0.4, 0.5) is 0 Å². The van der Waals surface area contributed by atoms with E-state index in [1.165, 1.54) is 12.8 Å². The van der Waals surface area contributed by atoms with Gasteiger partial charge in [0.15, 0.2) is 0 Å². The number of carbonyl (C=O) groups excluding carboxylic acids is 1. The van der Waals surface area contributed by atoms with Crippen LogP contribution in [0.25, 0.3) is 0 Å². The molecule has 0 amide bonds. The zero-order valence-corrected chi connectivity index (χ0v) is 16.4. The van der Waals surface area contributed by atoms with E-state index in [2.05, 4.69) is 43.4 Å². The first-order valence-corrected chi connectivity index (χ1v) is 10.1. The van der Waals surface area contributed by atoms with Crippen molar-refractivity contribution in [2.24, 2.45) is 0 Å². The minimum absolute atomic E-state index is 0.140. The lowest BCUT2D eigenvalue weighted by Crippen LogP contribution is -2.23. The van der Waals surface area contributed by atoms with Gasteiger partial charge in [-0.3, -0.25) is 4.79 Å². The second-order valence-electron chi connectivity index (χ2n) is 6.05. The van der Waals surface area contributed by atoms with Gasteiger partial charge in [0.25, 0.3) is 0 Å². The molecule has 0 aromatic carbocycles. The molecule has 0 aliphatic rings. The van der Waals surface area contributed by atoms with Gasteiger partial charge in [-0.05, 0) is 38.5 Å². The third kappa shape index (κ3) is 17.6. The Morgan fingerprint density at radius 3 is 2.20 bits per heavy atom. The molecule has 25 heavy (non-hydrogen) atoms. The van der Waals surface area contributed by atoms with Gasteiger partial charge in [0.2, 0.25) is 0 Å². The van der Waals surface area contributed by atoms with Crippen LogP contribution in [0, 0.1) is 0 Å². The lowest BCUT2D eigenvalue weighted by atomic mass is 10.1. The van der Waals surface area contributed by atoms with Crippen molar-refractivity contribution in [3.8, 4) is 0 Å². The summed E-state index contributed by atoms with van der Waals surface area (Å²) in [6, 6.07) is 0. The van der Waals surface area contributed by atoms with E-state index in [1.807, 2.05) is 0 Å². The number of hydrogen-bond acceptors (Lipinski definition) is 3. The Hall–Kier alpha value is -1.06. The Kier molecular flexibility index (Phi) is 18.5. The maximum atomic E-state index is 11.5. The second-order valence-corrected chi connectivity index (χ2v) is 6.36. The van der Waals surface area contributed by atoms with Crippen LogP contribution in [0.3, 0.4) is 0 Å². The van der Waals surface area contributed by atoms with Crippen LogP contribution in [0.2, 0.25) is 0 Å². The summed E-state index contributed by atoms with van der Waals surface area (Å²) >= 11 is 5.56. The van der Waals surface area contributed by atoms with E-state index in [9.17, 15) is 4.79 Å². The SMILES string of the molecule is CC/C=C\C/C=C\C/C=C\CCCCCCCC(=O)O[C@H](CO)CCl. The van der Waals surface area contributed by atoms with Crippen LogP contribution >= 0.6 is 11.6 Å². The number of esters is 1. The molecule has 0 saturated heterocycles. The number of allylic oxidation sites excluding steroid dienone is 6. The van der Waals surface area contributed by atoms with E-state index in [0.717, 1.165) is 44.9 Å². The van der Waals surface area contributed by atoms with Crippen LogP contribution < -0.4 is 0 Å². The number of ether oxygens (including phenoxy) is 1. The first-order chi connectivity index (χ1) is 12.2. The molecular formula is C21H35ClO3. The van der Waals surface area contributed by atoms with Crippen molar-refractivity contribution in [2.75, 3.05) is 12.5 Å². The first kappa shape index (κ1) is 23.9. The lowest BCUT2D eigenvalue weighted by molar-refractivity contribution is -0.149. The molecule has 1 N–H and O–H groups in total. The van der Waals surface area contributed by atoms with Crippen molar-refractivity contribution < 1.29 is 14.6 Å². The fraction of sp³-hybridized carbons (Fsp3) is 0.667. The highest BCUT2D eigenvalue weighted by molar-refractivity contribution is 6.18. The minimum Gasteiger partial charge on any atom is -0.459 e. The molecule has 0 aliphatic heterocycles. The smallest absolute Gasteiger partial charge is 0.306 e. The second kappa shape index (κ2) is 19.3. The average molecular weight is 371 g/mol. The molecule has 0 unspecified atom stereocenters. The van der Waals surface area contributed by atoms with Crippen LogP contribution in [-0.4, -0.2) is 29.7 Å². The zero-order chi connectivity index (χ0) is 18.6. The molecule has 4 heteroatoms. The van der Waals surface area contributed by atoms with Gasteiger partial charge in [-0.2, -0.15) is 0 Å². The maximum Gasteiger partial charge on any atom is 0.306 e. The van der Waals surface area contributed by atoms with Gasteiger partial charge in [0, 0.05) is 6.42 Å². The highest BCUT2D eigenvalue weighted by atomic mass is 35.5. The maximum absolute atomic E-state index is 11.5. The summed E-state index contributed by atoms with van der Waals surface area (Å²) in [6.45, 7) is 1.93. The highest BCUT2D eigenvalue weighted by Crippen LogP contribution is 2.09. The number of halogens is 1. The Bertz CT molecular complexity index is 385. The number of aliphatic hydroxyl groups excluding tert-OH is 1. The van der Waals surface area contributed by atoms with E-state index in [4.69, 9.17) is 21.4 Å². The van der Waals surface area contributed by atoms with E-state index in [-0.39, 0.29) is 18.5 Å². The Balaban J connectivity index is 3.39. The molecule has 0 saturated carbocycles. The van der Waals surface area contributed by atoms with E-state index in [0.29, 0.717) is 6.42 Å². The molecule has 0 aliphatic carbocycles. The van der Waals surface area contributed by atoms with Crippen LogP contribution in [-0.2, 0) is 9.53 Å². The summed E-state index contributed by atoms with van der Waals surface area (Å²) in [5.41, 5.74) is 0. The molecule has 0 aromatic rings. The van der Waals surface area contributed by atoms with Gasteiger partial charge < -0.3 is 9.84 Å². The fourth-order valence-corrected chi connectivity index (χ4v) is 2.41. The first-order valence-electron chi connectivity index (χ1n) is 9.55. The molecule has 0 aromatic heterocycles. The monoisotopic (exact) mass is 370 g/mol. The standard InChI is InChI=1S/C21H35ClO3/c1-2-3-4-5-6-7-8-9-10-11-12-13-14-15-16-17-21(24)25-20(18-22)19-23/h3-4,6-7,9-10,20,23H,2,5,8,11-19H2,1H3/b4-3-,7-6-,10-9-/t20-/m0/s1. The minimum atomic E-state index is -0.566. The van der Waals surface area contributed by atoms with E-state index < -0.39 is 6.10 Å². The average Bonchev–Trinajstić information content (AvgIpc) is 2.62. The zero-order valence-electron chi connectivity index (χ0n) is 15.7. The van der Waals surface area contributed by atoms with Gasteiger partial charge in [-0.25, -0.2) is 0 Å². The predicted octanol–water partition coefficient (Wildman–Crippen LogP) is 5.72. The van der Waals surface area contributed by atoms with Crippen molar-refractivity contribution in [3.05, 3.63) is 36.5 Å². The number of unbranched alkanes of at least 4 members (excludes halogenated alkanes) is 5. The Morgan fingerprint density at radius 2 is 1.56 bits per heavy atom. The van der Waals surface area contributed by atoms with Gasteiger partial charge >= 0.3 is 5.97 Å². The molecule has 0 heterocycles. The Morgan fingerprint density at radius 1 is 0.960 bits per heavy atom. The summed E-state index contributed by atoms with van der Waals surface area (Å²) in [7, 11) is 0. The van der Waals surface area contributed by atoms with Crippen LogP contribution in [0.5, 0.6) is 0 Å². The molecule has 1 atom stereocenters. The van der Waals surface area contributed by atoms with Gasteiger partial charge in [0.1, 0.15) is 6.10 Å². The topological polar surface area (TPSA) is 46.5 Å². The van der Waals surface area contributed by atoms with Gasteiger partial charge in [-0.1, -0.05) is 62.6 Å². The lowest BCUT2D eigenvalue weighted by Gasteiger charge is -2.12. The highest BCUT2D eigenvalue weighted by Gasteiger charge is 2.11. The number of aliphatic hydroxyl groups is 1. The summed E-state index contributed by atoms with van der Waals surface area (Å²) in [5.74, 6) is -0.123. The Labute approximate surface area is 158 Å². The summed E-state index contributed by atoms with van der Waals surface area (Å²) in [4.78, 5) is 11.5. The molecule has 144 valence electrons. The third-order valence-electron chi connectivity index (χ3n) is 3.71. The normalized spacial score (nSPS) is 13.2. The molecule has 0 bridgehead atoms. The van der Waals surface area contributed by atoms with Crippen molar-refractivity contribution in [1.82, 2.24) is 0 Å². The number of carbonyl (C=O) groups is 1. The summed E-state index contributed by atoms with van der Waals surface area (Å²) in [6.07, 6.45) is 22.8. The molecule has 0 spiro atoms. The largest absolute Gasteiger partial charge is 0.459 e. The van der Waals surface area contributed by atoms with Crippen LogP contribution in [0.1, 0.15) is 71.1 Å². The summed E-state index contributed by atoms with van der Waals surface area (Å²) in [5, 5.41) is 8.91. The quantitative estimate of drug-likeness (QED) is 0.163. The van der Waals surface area contributed by atoms with Gasteiger partial charge in [0.05, 0.1) is 12.5 Å². The molecule has 0 rings (SSSR count). The number of hydrogen-bond donors (Lipinski definition) is 1. The molecule has 0 fully saturated rings. The van der Waals surface area contributed by atoms with Crippen molar-refractivity contribution in [1.29, 1.82) is 0 Å². The van der Waals surface area contributed by atoms with Gasteiger partial charge in [-0.15, -0.1) is 11.6 Å². The van der Waals surface area contributed by atoms with E-state index in [1.54, 1.807) is 0 Å². The van der Waals surface area contributed by atoms with Crippen molar-refractivity contribution in [2.45, 2.75) is 77.2 Å². The summed E-state index contributed by atoms with van der Waals surface area (Å²) < 4.78 is 5.03. The predicted molar refractivity (Wildman–Crippen MR) is 107 cm³/mol. The number of alkyl halides is 1. The fourth-order valence-electron chi connectivity index (χ4n) is 2.25. The van der Waals surface area contributed by atoms with E-state index >= 15 is 0 Å². The number of rotatable bonds is 16. The van der Waals surface area contributed by atoms with Crippen LogP contribution in [0.15, 0.2) is 36.5 Å². The third-order valence-corrected chi connectivity index (χ3v) is 4.05. The molecule has 0 radical (unpaired) electrons. The molecule has 3 nitrogen and oxygen atoms in total. The van der Waals surface area contributed by atoms with Crippen molar-refractivity contribution >= 4 is 17.6 Å². The van der Waals surface area contributed by atoms with Crippen molar-refractivity contribution in [3.63, 3.8) is 0 Å². The molecular weight excluding hydrogens is 336 g/mol.